The van der Waals surface area contributed by atoms with Crippen LogP contribution >= 0.6 is 34.8 Å². The first kappa shape index (κ1) is 31.5. The highest BCUT2D eigenvalue weighted by molar-refractivity contribution is 6.43. The minimum absolute atomic E-state index is 0.0300. The van der Waals surface area contributed by atoms with Crippen LogP contribution in [-0.4, -0.2) is 42.0 Å². The number of amides is 2. The highest BCUT2D eigenvalue weighted by atomic mass is 35.5. The van der Waals surface area contributed by atoms with Crippen LogP contribution in [0, 0.1) is 5.82 Å². The molecule has 0 saturated carbocycles. The minimum atomic E-state index is -1.19. The Bertz CT molecular complexity index is 2030. The first-order valence-electron chi connectivity index (χ1n) is 14.1. The van der Waals surface area contributed by atoms with Crippen LogP contribution in [0.4, 0.5) is 4.39 Å². The van der Waals surface area contributed by atoms with Gasteiger partial charge in [0, 0.05) is 40.7 Å². The second kappa shape index (κ2) is 12.4. The summed E-state index contributed by atoms with van der Waals surface area (Å²) < 4.78 is 25.8. The van der Waals surface area contributed by atoms with E-state index in [9.17, 15) is 14.0 Å². The topological polar surface area (TPSA) is 116 Å². The van der Waals surface area contributed by atoms with Crippen LogP contribution in [0.15, 0.2) is 72.9 Å². The number of ether oxygens (including phenoxy) is 2. The fourth-order valence-electron chi connectivity index (χ4n) is 5.53. The van der Waals surface area contributed by atoms with Gasteiger partial charge >= 0.3 is 0 Å². The van der Waals surface area contributed by atoms with E-state index in [2.05, 4.69) is 10.3 Å². The van der Waals surface area contributed by atoms with Gasteiger partial charge in [-0.05, 0) is 48.9 Å². The number of methoxy groups -OCH3 is 1. The van der Waals surface area contributed by atoms with E-state index in [1.54, 1.807) is 31.2 Å². The lowest BCUT2D eigenvalue weighted by atomic mass is 9.81. The number of aromatic nitrogens is 2. The van der Waals surface area contributed by atoms with Crippen molar-refractivity contribution in [3.63, 3.8) is 0 Å². The minimum Gasteiger partial charge on any atom is -0.494 e. The molecule has 3 aromatic carbocycles. The summed E-state index contributed by atoms with van der Waals surface area (Å²) in [6, 6.07) is 18.8. The molecule has 1 aliphatic rings. The van der Waals surface area contributed by atoms with Crippen LogP contribution < -0.4 is 20.5 Å². The molecule has 234 valence electrons. The van der Waals surface area contributed by atoms with Gasteiger partial charge in [-0.1, -0.05) is 65.1 Å². The highest BCUT2D eigenvalue weighted by Crippen LogP contribution is 2.48. The van der Waals surface area contributed by atoms with Crippen LogP contribution in [-0.2, 0) is 10.2 Å². The maximum absolute atomic E-state index is 14.3. The number of halogens is 4. The highest BCUT2D eigenvalue weighted by Gasteiger charge is 2.44. The number of pyridine rings is 2. The van der Waals surface area contributed by atoms with E-state index in [-0.39, 0.29) is 34.8 Å². The van der Waals surface area contributed by atoms with E-state index in [4.69, 9.17) is 55.0 Å². The van der Waals surface area contributed by atoms with Crippen molar-refractivity contribution >= 4 is 57.5 Å². The number of carbonyl (C=O) groups is 2. The fourth-order valence-corrected chi connectivity index (χ4v) is 6.10. The lowest BCUT2D eigenvalue weighted by Gasteiger charge is -2.23. The van der Waals surface area contributed by atoms with Crippen molar-refractivity contribution in [3.8, 4) is 22.8 Å². The summed E-state index contributed by atoms with van der Waals surface area (Å²) >= 11 is 18.9. The van der Waals surface area contributed by atoms with E-state index in [0.717, 1.165) is 5.56 Å². The number of carbonyl (C=O) groups excluding carboxylic acids is 2. The molecule has 3 N–H and O–H groups in total. The Morgan fingerprint density at radius 1 is 1.09 bits per heavy atom. The van der Waals surface area contributed by atoms with Crippen molar-refractivity contribution in [2.45, 2.75) is 18.3 Å². The smallest absolute Gasteiger partial charge is 0.251 e. The average Bonchev–Trinajstić information content (AvgIpc) is 3.41. The summed E-state index contributed by atoms with van der Waals surface area (Å²) in [6.07, 6.45) is 1.51. The molecule has 6 rings (SSSR count). The zero-order valence-corrected chi connectivity index (χ0v) is 26.8. The summed E-state index contributed by atoms with van der Waals surface area (Å²) in [7, 11) is 1.50. The van der Waals surface area contributed by atoms with Gasteiger partial charge in [-0.3, -0.25) is 14.6 Å². The van der Waals surface area contributed by atoms with Gasteiger partial charge in [-0.15, -0.1) is 0 Å². The molecule has 0 spiro atoms. The van der Waals surface area contributed by atoms with Gasteiger partial charge in [-0.2, -0.15) is 0 Å². The standard InChI is InChI=1S/C34H26Cl3FN4O4/c1-34(33(39)44)16-46-31-23(34)13-25(42-30(31)21-8-9-24(38)28(37)27(21)36)22(17-6-4-3-5-7-17)15-41-32(43)19-10-18-11-20(35)14-40-29(18)26(12-19)45-2/h3-14,22H,15-16H2,1-2H3,(H2,39,44)(H,41,43)/t22-,34-/m0/s1. The summed E-state index contributed by atoms with van der Waals surface area (Å²) in [6.45, 7) is 1.76. The van der Waals surface area contributed by atoms with E-state index < -0.39 is 23.1 Å². The molecule has 12 heteroatoms. The first-order valence-corrected chi connectivity index (χ1v) is 15.2. The Morgan fingerprint density at radius 3 is 2.57 bits per heavy atom. The van der Waals surface area contributed by atoms with Crippen molar-refractivity contribution in [2.75, 3.05) is 20.3 Å². The Labute approximate surface area is 278 Å². The van der Waals surface area contributed by atoms with Gasteiger partial charge in [-0.25, -0.2) is 9.37 Å². The molecule has 1 aliphatic heterocycles. The number of benzene rings is 3. The SMILES string of the molecule is COc1cc(C(=O)NC[C@@H](c2ccccc2)c2cc3c(c(-c4ccc(F)c(Cl)c4Cl)n2)OC[C@]3(C)C(N)=O)cc2cc(Cl)cnc12. The predicted octanol–water partition coefficient (Wildman–Crippen LogP) is 7.10. The second-order valence-corrected chi connectivity index (χ2v) is 12.2. The number of nitrogens with one attached hydrogen (secondary N) is 1. The summed E-state index contributed by atoms with van der Waals surface area (Å²) in [5.74, 6) is -1.46. The molecule has 2 amide bonds. The predicted molar refractivity (Wildman–Crippen MR) is 176 cm³/mol. The van der Waals surface area contributed by atoms with Gasteiger partial charge in [0.25, 0.3) is 5.91 Å². The van der Waals surface area contributed by atoms with Crippen molar-refractivity contribution in [2.24, 2.45) is 5.73 Å². The van der Waals surface area contributed by atoms with Gasteiger partial charge in [0.2, 0.25) is 5.91 Å². The lowest BCUT2D eigenvalue weighted by molar-refractivity contribution is -0.123. The molecule has 46 heavy (non-hydrogen) atoms. The Balaban J connectivity index is 1.46. The van der Waals surface area contributed by atoms with Gasteiger partial charge in [0.05, 0.1) is 27.9 Å². The molecule has 0 radical (unpaired) electrons. The normalized spacial score (nSPS) is 16.0. The Hall–Kier alpha value is -4.44. The number of nitrogens with two attached hydrogens (primary N) is 1. The molecular formula is C34H26Cl3FN4O4. The second-order valence-electron chi connectivity index (χ2n) is 11.1. The van der Waals surface area contributed by atoms with Crippen LogP contribution in [0.5, 0.6) is 11.5 Å². The molecule has 0 unspecified atom stereocenters. The van der Waals surface area contributed by atoms with Crippen molar-refractivity contribution < 1.29 is 23.5 Å². The Morgan fingerprint density at radius 2 is 1.85 bits per heavy atom. The molecule has 0 saturated heterocycles. The zero-order valence-electron chi connectivity index (χ0n) is 24.5. The van der Waals surface area contributed by atoms with Gasteiger partial charge in [0.1, 0.15) is 40.5 Å². The summed E-state index contributed by atoms with van der Waals surface area (Å²) in [4.78, 5) is 35.6. The third kappa shape index (κ3) is 5.59. The molecule has 8 nitrogen and oxygen atoms in total. The molecule has 3 heterocycles. The fraction of sp³-hybridized carbons (Fsp3) is 0.176. The lowest BCUT2D eigenvalue weighted by Crippen LogP contribution is -2.40. The molecule has 5 aromatic rings. The number of hydrogen-bond donors (Lipinski definition) is 2. The van der Waals surface area contributed by atoms with Crippen molar-refractivity contribution in [1.29, 1.82) is 0 Å². The maximum Gasteiger partial charge on any atom is 0.251 e. The van der Waals surface area contributed by atoms with E-state index in [1.807, 2.05) is 30.3 Å². The number of primary amides is 1. The molecule has 0 fully saturated rings. The quantitative estimate of drug-likeness (QED) is 0.169. The number of fused-ring (bicyclic) bond motifs is 2. The van der Waals surface area contributed by atoms with E-state index >= 15 is 0 Å². The first-order chi connectivity index (χ1) is 22.0. The van der Waals surface area contributed by atoms with Crippen LogP contribution in [0.1, 0.15) is 40.0 Å². The third-order valence-electron chi connectivity index (χ3n) is 8.15. The molecule has 0 aliphatic carbocycles. The number of nitrogens with zero attached hydrogens (tertiary/aromatic N) is 2. The average molecular weight is 680 g/mol. The Kier molecular flexibility index (Phi) is 8.50. The van der Waals surface area contributed by atoms with Crippen LogP contribution in [0.3, 0.4) is 0 Å². The van der Waals surface area contributed by atoms with Crippen molar-refractivity contribution in [3.05, 3.63) is 116 Å². The van der Waals surface area contributed by atoms with Gasteiger partial charge < -0.3 is 20.5 Å². The third-order valence-corrected chi connectivity index (χ3v) is 9.21. The van der Waals surface area contributed by atoms with E-state index in [1.165, 1.54) is 25.4 Å². The van der Waals surface area contributed by atoms with E-state index in [0.29, 0.717) is 49.8 Å². The van der Waals surface area contributed by atoms with Crippen molar-refractivity contribution in [1.82, 2.24) is 15.3 Å². The molecule has 2 atom stereocenters. The number of hydrogen-bond acceptors (Lipinski definition) is 6. The zero-order chi connectivity index (χ0) is 32.7. The molecular weight excluding hydrogens is 654 g/mol. The van der Waals surface area contributed by atoms with Gasteiger partial charge in [0.15, 0.2) is 0 Å². The summed E-state index contributed by atoms with van der Waals surface area (Å²) in [5, 5.41) is 3.74. The van der Waals surface area contributed by atoms with Crippen LogP contribution in [0.2, 0.25) is 15.1 Å². The number of rotatable bonds is 8. The maximum atomic E-state index is 14.3. The largest absolute Gasteiger partial charge is 0.494 e. The monoisotopic (exact) mass is 678 g/mol. The van der Waals surface area contributed by atoms with Crippen LogP contribution in [0.25, 0.3) is 22.2 Å². The molecule has 2 aromatic heterocycles. The summed E-state index contributed by atoms with van der Waals surface area (Å²) in [5.41, 5.74) is 7.96. The molecule has 0 bridgehead atoms.